The molecule has 0 atom stereocenters. The Morgan fingerprint density at radius 1 is 1.09 bits per heavy atom. The Labute approximate surface area is 131 Å². The number of hydrogen-bond donors (Lipinski definition) is 0. The fraction of sp³-hybridized carbons (Fsp3) is 0.118. The molecule has 6 nitrogen and oxygen atoms in total. The van der Waals surface area contributed by atoms with Gasteiger partial charge in [0.1, 0.15) is 0 Å². The number of nitro benzene ring substituents is 1. The third-order valence-corrected chi connectivity index (χ3v) is 3.83. The lowest BCUT2D eigenvalue weighted by molar-refractivity contribution is -0.384. The van der Waals surface area contributed by atoms with Crippen LogP contribution in [0.2, 0.25) is 0 Å². The zero-order valence-electron chi connectivity index (χ0n) is 12.1. The van der Waals surface area contributed by atoms with E-state index in [4.69, 9.17) is 9.47 Å². The number of ether oxygens (including phenoxy) is 2. The minimum absolute atomic E-state index is 0.0972. The van der Waals surface area contributed by atoms with Crippen LogP contribution in [0.5, 0.6) is 11.5 Å². The van der Waals surface area contributed by atoms with E-state index < -0.39 is 0 Å². The number of hydrogen-bond acceptors (Lipinski definition) is 5. The summed E-state index contributed by atoms with van der Waals surface area (Å²) < 4.78 is 10.6. The molecule has 0 saturated carbocycles. The summed E-state index contributed by atoms with van der Waals surface area (Å²) in [6.45, 7) is 0.721. The monoisotopic (exact) mass is 308 g/mol. The number of allylic oxidation sites excluding steroid dienone is 1. The van der Waals surface area contributed by atoms with Gasteiger partial charge >= 0.3 is 0 Å². The van der Waals surface area contributed by atoms with Gasteiger partial charge in [0.05, 0.1) is 17.2 Å². The van der Waals surface area contributed by atoms with E-state index in [9.17, 15) is 10.1 Å². The van der Waals surface area contributed by atoms with Gasteiger partial charge in [-0.1, -0.05) is 12.1 Å². The van der Waals surface area contributed by atoms with Crippen LogP contribution in [0, 0.1) is 10.1 Å². The molecule has 0 saturated heterocycles. The fourth-order valence-electron chi connectivity index (χ4n) is 2.66. The van der Waals surface area contributed by atoms with Gasteiger partial charge in [-0.3, -0.25) is 15.1 Å². The Balaban J connectivity index is 1.58. The standard InChI is InChI=1S/C17H12N2O4/c20-19(21)13-3-4-14-12(8-13)9-18-15(14)5-1-11-2-6-16-17(7-11)23-10-22-16/h1-8H,9-10H2/b5-1+. The molecular weight excluding hydrogens is 296 g/mol. The molecule has 0 fully saturated rings. The maximum absolute atomic E-state index is 10.8. The lowest BCUT2D eigenvalue weighted by Gasteiger charge is -2.00. The average Bonchev–Trinajstić information content (AvgIpc) is 3.18. The highest BCUT2D eigenvalue weighted by Crippen LogP contribution is 2.33. The summed E-state index contributed by atoms with van der Waals surface area (Å²) in [6, 6.07) is 10.6. The molecule has 0 aromatic heterocycles. The van der Waals surface area contributed by atoms with Crippen molar-refractivity contribution in [3.63, 3.8) is 0 Å². The van der Waals surface area contributed by atoms with Crippen molar-refractivity contribution in [3.8, 4) is 11.5 Å². The number of non-ortho nitro benzene ring substituents is 1. The van der Waals surface area contributed by atoms with Crippen molar-refractivity contribution < 1.29 is 14.4 Å². The first-order chi connectivity index (χ1) is 11.2. The largest absolute Gasteiger partial charge is 0.454 e. The number of rotatable bonds is 3. The molecule has 0 unspecified atom stereocenters. The van der Waals surface area contributed by atoms with E-state index in [-0.39, 0.29) is 17.4 Å². The predicted octanol–water partition coefficient (Wildman–Crippen LogP) is 3.34. The van der Waals surface area contributed by atoms with E-state index in [0.29, 0.717) is 6.54 Å². The summed E-state index contributed by atoms with van der Waals surface area (Å²) in [7, 11) is 0. The van der Waals surface area contributed by atoms with Crippen LogP contribution in [0.1, 0.15) is 16.7 Å². The second kappa shape index (κ2) is 5.24. The van der Waals surface area contributed by atoms with Crippen molar-refractivity contribution in [3.05, 3.63) is 69.3 Å². The molecular formula is C17H12N2O4. The van der Waals surface area contributed by atoms with Crippen LogP contribution < -0.4 is 9.47 Å². The first-order valence-corrected chi connectivity index (χ1v) is 7.10. The first kappa shape index (κ1) is 13.5. The normalized spacial score (nSPS) is 14.9. The molecule has 2 aliphatic rings. The smallest absolute Gasteiger partial charge is 0.269 e. The number of nitrogens with zero attached hydrogens (tertiary/aromatic N) is 2. The molecule has 2 aromatic carbocycles. The zero-order valence-corrected chi connectivity index (χ0v) is 12.1. The van der Waals surface area contributed by atoms with E-state index in [0.717, 1.165) is 33.9 Å². The van der Waals surface area contributed by atoms with Crippen LogP contribution in [-0.2, 0) is 6.54 Å². The van der Waals surface area contributed by atoms with Gasteiger partial charge in [0.25, 0.3) is 5.69 Å². The minimum Gasteiger partial charge on any atom is -0.454 e. The lowest BCUT2D eigenvalue weighted by Crippen LogP contribution is -1.96. The van der Waals surface area contributed by atoms with Crippen molar-refractivity contribution in [2.24, 2.45) is 4.99 Å². The Bertz CT molecular complexity index is 871. The summed E-state index contributed by atoms with van der Waals surface area (Å²) >= 11 is 0. The van der Waals surface area contributed by atoms with Gasteiger partial charge < -0.3 is 9.47 Å². The predicted molar refractivity (Wildman–Crippen MR) is 84.9 cm³/mol. The summed E-state index contributed by atoms with van der Waals surface area (Å²) in [5.41, 5.74) is 3.72. The molecule has 2 aliphatic heterocycles. The highest BCUT2D eigenvalue weighted by atomic mass is 16.7. The molecule has 6 heteroatoms. The third kappa shape index (κ3) is 2.44. The van der Waals surface area contributed by atoms with Gasteiger partial charge in [0.15, 0.2) is 11.5 Å². The van der Waals surface area contributed by atoms with Crippen molar-refractivity contribution in [1.82, 2.24) is 0 Å². The third-order valence-electron chi connectivity index (χ3n) is 3.83. The molecule has 4 rings (SSSR count). The first-order valence-electron chi connectivity index (χ1n) is 7.10. The molecule has 0 spiro atoms. The molecule has 2 aromatic rings. The second-order valence-corrected chi connectivity index (χ2v) is 5.25. The molecule has 114 valence electrons. The average molecular weight is 308 g/mol. The van der Waals surface area contributed by atoms with Gasteiger partial charge in [0, 0.05) is 17.7 Å². The Kier molecular flexibility index (Phi) is 3.08. The van der Waals surface area contributed by atoms with Crippen LogP contribution in [0.4, 0.5) is 5.69 Å². The van der Waals surface area contributed by atoms with E-state index >= 15 is 0 Å². The van der Waals surface area contributed by atoms with Crippen molar-refractivity contribution in [2.45, 2.75) is 6.54 Å². The molecule has 23 heavy (non-hydrogen) atoms. The summed E-state index contributed by atoms with van der Waals surface area (Å²) in [4.78, 5) is 14.9. The van der Waals surface area contributed by atoms with Crippen molar-refractivity contribution in [2.75, 3.05) is 6.79 Å². The van der Waals surface area contributed by atoms with Crippen LogP contribution in [0.3, 0.4) is 0 Å². The van der Waals surface area contributed by atoms with E-state index in [1.807, 2.05) is 30.4 Å². The summed E-state index contributed by atoms with van der Waals surface area (Å²) in [5.74, 6) is 1.48. The quantitative estimate of drug-likeness (QED) is 0.644. The van der Waals surface area contributed by atoms with Crippen molar-refractivity contribution >= 4 is 17.5 Å². The van der Waals surface area contributed by atoms with Gasteiger partial charge in [-0.25, -0.2) is 0 Å². The lowest BCUT2D eigenvalue weighted by atomic mass is 10.0. The maximum Gasteiger partial charge on any atom is 0.269 e. The van der Waals surface area contributed by atoms with Crippen LogP contribution >= 0.6 is 0 Å². The highest BCUT2D eigenvalue weighted by molar-refractivity contribution is 6.13. The Morgan fingerprint density at radius 3 is 2.83 bits per heavy atom. The topological polar surface area (TPSA) is 74.0 Å². The molecule has 0 amide bonds. The van der Waals surface area contributed by atoms with E-state index in [1.54, 1.807) is 12.1 Å². The fourth-order valence-corrected chi connectivity index (χ4v) is 2.66. The van der Waals surface area contributed by atoms with Crippen molar-refractivity contribution in [1.29, 1.82) is 0 Å². The number of fused-ring (bicyclic) bond motifs is 2. The zero-order chi connectivity index (χ0) is 15.8. The highest BCUT2D eigenvalue weighted by Gasteiger charge is 2.17. The Morgan fingerprint density at radius 2 is 1.96 bits per heavy atom. The summed E-state index contributed by atoms with van der Waals surface area (Å²) in [6.07, 6.45) is 3.85. The summed E-state index contributed by atoms with van der Waals surface area (Å²) in [5, 5.41) is 10.8. The molecule has 0 aliphatic carbocycles. The Hall–Kier alpha value is -3.15. The van der Waals surface area contributed by atoms with Gasteiger partial charge in [-0.2, -0.15) is 0 Å². The molecule has 0 radical (unpaired) electrons. The van der Waals surface area contributed by atoms with E-state index in [1.165, 1.54) is 6.07 Å². The van der Waals surface area contributed by atoms with Gasteiger partial charge in [-0.15, -0.1) is 0 Å². The van der Waals surface area contributed by atoms with Crippen LogP contribution in [0.25, 0.3) is 6.08 Å². The number of aliphatic imine (C=N–C) groups is 1. The molecule has 0 N–H and O–H groups in total. The molecule has 2 heterocycles. The number of benzene rings is 2. The molecule has 0 bridgehead atoms. The second-order valence-electron chi connectivity index (χ2n) is 5.25. The maximum atomic E-state index is 10.8. The SMILES string of the molecule is O=[N+]([O-])c1ccc2c(c1)CN=C2/C=C/c1ccc2c(c1)OCO2. The van der Waals surface area contributed by atoms with Gasteiger partial charge in [-0.05, 0) is 35.4 Å². The van der Waals surface area contributed by atoms with Crippen LogP contribution in [0.15, 0.2) is 47.5 Å². The van der Waals surface area contributed by atoms with E-state index in [2.05, 4.69) is 4.99 Å². The van der Waals surface area contributed by atoms with Crippen LogP contribution in [-0.4, -0.2) is 17.4 Å². The minimum atomic E-state index is -0.388. The van der Waals surface area contributed by atoms with Gasteiger partial charge in [0.2, 0.25) is 6.79 Å². The number of nitro groups is 1.